The minimum atomic E-state index is -0.178. The molecule has 2 aromatic rings. The molecule has 2 aromatic carbocycles. The molecule has 3 nitrogen and oxygen atoms in total. The Morgan fingerprint density at radius 3 is 2.45 bits per heavy atom. The molecule has 0 aliphatic carbocycles. The Morgan fingerprint density at radius 1 is 1.09 bits per heavy atom. The number of amides is 2. The van der Waals surface area contributed by atoms with E-state index in [-0.39, 0.29) is 12.1 Å². The quantitative estimate of drug-likeness (QED) is 0.835. The summed E-state index contributed by atoms with van der Waals surface area (Å²) in [6.07, 6.45) is 0. The van der Waals surface area contributed by atoms with Crippen molar-refractivity contribution < 1.29 is 4.79 Å². The fourth-order valence-electron chi connectivity index (χ4n) is 2.32. The van der Waals surface area contributed by atoms with Crippen molar-refractivity contribution in [3.8, 4) is 0 Å². The van der Waals surface area contributed by atoms with Gasteiger partial charge in [0.2, 0.25) is 0 Å². The second kappa shape index (κ2) is 7.85. The van der Waals surface area contributed by atoms with Gasteiger partial charge in [0.25, 0.3) is 0 Å². The lowest BCUT2D eigenvalue weighted by Crippen LogP contribution is -2.39. The molecular formula is C18H21ClN2O. The second-order valence-electron chi connectivity index (χ2n) is 5.59. The Bertz CT molecular complexity index is 613. The molecule has 0 bridgehead atoms. The van der Waals surface area contributed by atoms with Crippen LogP contribution in [0.4, 0.5) is 4.79 Å². The molecule has 0 saturated heterocycles. The Labute approximate surface area is 136 Å². The maximum atomic E-state index is 12.1. The van der Waals surface area contributed by atoms with Gasteiger partial charge in [-0.05, 0) is 29.2 Å². The first kappa shape index (κ1) is 16.4. The van der Waals surface area contributed by atoms with Gasteiger partial charge in [0, 0.05) is 11.6 Å². The van der Waals surface area contributed by atoms with E-state index in [0.29, 0.717) is 17.5 Å². The Morgan fingerprint density at radius 2 is 1.82 bits per heavy atom. The van der Waals surface area contributed by atoms with Crippen LogP contribution in [0.15, 0.2) is 54.6 Å². The first-order valence-electron chi connectivity index (χ1n) is 7.40. The van der Waals surface area contributed by atoms with Crippen LogP contribution in [0.25, 0.3) is 0 Å². The van der Waals surface area contributed by atoms with Crippen molar-refractivity contribution in [1.29, 1.82) is 0 Å². The van der Waals surface area contributed by atoms with Gasteiger partial charge in [0.15, 0.2) is 0 Å². The number of halogens is 1. The van der Waals surface area contributed by atoms with Crippen LogP contribution >= 0.6 is 11.6 Å². The summed E-state index contributed by atoms with van der Waals surface area (Å²) in [4.78, 5) is 12.1. The van der Waals surface area contributed by atoms with Gasteiger partial charge in [-0.15, -0.1) is 0 Å². The van der Waals surface area contributed by atoms with Crippen molar-refractivity contribution in [2.75, 3.05) is 0 Å². The Kier molecular flexibility index (Phi) is 5.84. The number of carbonyl (C=O) groups excluding carboxylic acids is 1. The number of carbonyl (C=O) groups is 1. The highest BCUT2D eigenvalue weighted by atomic mass is 35.5. The topological polar surface area (TPSA) is 41.1 Å². The zero-order valence-corrected chi connectivity index (χ0v) is 13.6. The zero-order valence-electron chi connectivity index (χ0n) is 12.8. The standard InChI is InChI=1S/C18H21ClN2O/c1-13(2)17(15-8-4-3-5-9-15)21-18(22)20-12-14-7-6-10-16(19)11-14/h3-11,13,17H,12H2,1-2H3,(H2,20,21,22). The molecule has 0 aliphatic heterocycles. The van der Waals surface area contributed by atoms with Crippen LogP contribution in [0, 0.1) is 5.92 Å². The largest absolute Gasteiger partial charge is 0.334 e. The maximum Gasteiger partial charge on any atom is 0.315 e. The highest BCUT2D eigenvalue weighted by molar-refractivity contribution is 6.30. The van der Waals surface area contributed by atoms with Crippen LogP contribution in [0.3, 0.4) is 0 Å². The summed E-state index contributed by atoms with van der Waals surface area (Å²) in [5.41, 5.74) is 2.08. The van der Waals surface area contributed by atoms with Crippen molar-refractivity contribution in [2.24, 2.45) is 5.92 Å². The summed E-state index contributed by atoms with van der Waals surface area (Å²) < 4.78 is 0. The van der Waals surface area contributed by atoms with Crippen LogP contribution in [0.1, 0.15) is 31.0 Å². The molecule has 4 heteroatoms. The predicted molar refractivity (Wildman–Crippen MR) is 90.8 cm³/mol. The highest BCUT2D eigenvalue weighted by Gasteiger charge is 2.17. The van der Waals surface area contributed by atoms with E-state index in [0.717, 1.165) is 11.1 Å². The summed E-state index contributed by atoms with van der Waals surface area (Å²) in [6.45, 7) is 4.63. The normalized spacial score (nSPS) is 12.0. The minimum Gasteiger partial charge on any atom is -0.334 e. The average Bonchev–Trinajstić information content (AvgIpc) is 2.51. The van der Waals surface area contributed by atoms with Crippen LogP contribution in [0.5, 0.6) is 0 Å². The number of urea groups is 1. The molecule has 0 heterocycles. The van der Waals surface area contributed by atoms with Gasteiger partial charge < -0.3 is 10.6 Å². The fraction of sp³-hybridized carbons (Fsp3) is 0.278. The van der Waals surface area contributed by atoms with Crippen molar-refractivity contribution in [1.82, 2.24) is 10.6 Å². The third-order valence-electron chi connectivity index (χ3n) is 3.45. The maximum absolute atomic E-state index is 12.1. The molecule has 0 radical (unpaired) electrons. The SMILES string of the molecule is CC(C)C(NC(=O)NCc1cccc(Cl)c1)c1ccccc1. The van der Waals surface area contributed by atoms with E-state index in [1.807, 2.05) is 54.6 Å². The molecule has 116 valence electrons. The van der Waals surface area contributed by atoms with Crippen molar-refractivity contribution in [3.05, 3.63) is 70.7 Å². The monoisotopic (exact) mass is 316 g/mol. The highest BCUT2D eigenvalue weighted by Crippen LogP contribution is 2.21. The van der Waals surface area contributed by atoms with Gasteiger partial charge in [0.1, 0.15) is 0 Å². The summed E-state index contributed by atoms with van der Waals surface area (Å²) >= 11 is 5.94. The average molecular weight is 317 g/mol. The van der Waals surface area contributed by atoms with Gasteiger partial charge in [-0.1, -0.05) is 67.9 Å². The number of hydrogen-bond acceptors (Lipinski definition) is 1. The van der Waals surface area contributed by atoms with Gasteiger partial charge in [-0.25, -0.2) is 4.79 Å². The summed E-state index contributed by atoms with van der Waals surface area (Å²) in [5, 5.41) is 6.58. The van der Waals surface area contributed by atoms with Crippen LogP contribution < -0.4 is 10.6 Å². The van der Waals surface area contributed by atoms with E-state index >= 15 is 0 Å². The first-order chi connectivity index (χ1) is 10.6. The van der Waals surface area contributed by atoms with E-state index in [1.54, 1.807) is 0 Å². The van der Waals surface area contributed by atoms with E-state index in [1.165, 1.54) is 0 Å². The lowest BCUT2D eigenvalue weighted by molar-refractivity contribution is 0.232. The molecule has 0 spiro atoms. The van der Waals surface area contributed by atoms with Gasteiger partial charge in [0.05, 0.1) is 6.04 Å². The van der Waals surface area contributed by atoms with Crippen LogP contribution in [-0.2, 0) is 6.54 Å². The fourth-order valence-corrected chi connectivity index (χ4v) is 2.53. The van der Waals surface area contributed by atoms with E-state index in [2.05, 4.69) is 24.5 Å². The van der Waals surface area contributed by atoms with Crippen molar-refractivity contribution in [2.45, 2.75) is 26.4 Å². The molecule has 0 aromatic heterocycles. The molecule has 2 rings (SSSR count). The molecular weight excluding hydrogens is 296 g/mol. The lowest BCUT2D eigenvalue weighted by Gasteiger charge is -2.23. The number of rotatable bonds is 5. The Balaban J connectivity index is 1.94. The molecule has 0 fully saturated rings. The van der Waals surface area contributed by atoms with E-state index < -0.39 is 0 Å². The van der Waals surface area contributed by atoms with E-state index in [4.69, 9.17) is 11.6 Å². The van der Waals surface area contributed by atoms with Crippen molar-refractivity contribution in [3.63, 3.8) is 0 Å². The molecule has 22 heavy (non-hydrogen) atoms. The van der Waals surface area contributed by atoms with Crippen LogP contribution in [0.2, 0.25) is 5.02 Å². The van der Waals surface area contributed by atoms with Gasteiger partial charge >= 0.3 is 6.03 Å². The molecule has 2 N–H and O–H groups in total. The number of nitrogens with one attached hydrogen (secondary N) is 2. The predicted octanol–water partition coefficient (Wildman–Crippen LogP) is 4.54. The smallest absolute Gasteiger partial charge is 0.315 e. The first-order valence-corrected chi connectivity index (χ1v) is 7.78. The summed E-state index contributed by atoms with van der Waals surface area (Å²) in [6, 6.07) is 17.3. The third-order valence-corrected chi connectivity index (χ3v) is 3.69. The Hall–Kier alpha value is -2.00. The third kappa shape index (κ3) is 4.78. The molecule has 2 amide bonds. The lowest BCUT2D eigenvalue weighted by atomic mass is 9.96. The minimum absolute atomic E-state index is 0.0134. The van der Waals surface area contributed by atoms with Crippen molar-refractivity contribution >= 4 is 17.6 Å². The number of benzene rings is 2. The van der Waals surface area contributed by atoms with Crippen LogP contribution in [-0.4, -0.2) is 6.03 Å². The molecule has 1 atom stereocenters. The molecule has 0 aliphatic rings. The zero-order chi connectivity index (χ0) is 15.9. The summed E-state index contributed by atoms with van der Waals surface area (Å²) in [7, 11) is 0. The second-order valence-corrected chi connectivity index (χ2v) is 6.03. The summed E-state index contributed by atoms with van der Waals surface area (Å²) in [5.74, 6) is 0.305. The van der Waals surface area contributed by atoms with E-state index in [9.17, 15) is 4.79 Å². The van der Waals surface area contributed by atoms with Gasteiger partial charge in [-0.2, -0.15) is 0 Å². The molecule has 1 unspecified atom stereocenters. The molecule has 0 saturated carbocycles. The number of hydrogen-bond donors (Lipinski definition) is 2. The van der Waals surface area contributed by atoms with Gasteiger partial charge in [-0.3, -0.25) is 0 Å².